The molecular formula is C92H71ClF4N4O20S8. The van der Waals surface area contributed by atoms with Crippen LogP contribution in [0.5, 0.6) is 23.0 Å². The number of anilines is 4. The number of sulfonamides is 4. The van der Waals surface area contributed by atoms with Crippen molar-refractivity contribution in [2.75, 3.05) is 41.9 Å². The predicted octanol–water partition coefficient (Wildman–Crippen LogP) is 21.6. The first kappa shape index (κ1) is 93.7. The molecule has 12 N–H and O–H groups in total. The molecule has 0 atom stereocenters. The number of carboxylic acids is 4. The largest absolute Gasteiger partial charge is 0.506 e. The number of phenols is 4. The van der Waals surface area contributed by atoms with Gasteiger partial charge in [0.1, 0.15) is 28.8 Å². The summed E-state index contributed by atoms with van der Waals surface area (Å²) in [5.41, 5.74) is 1.08. The molecule has 16 aromatic carbocycles. The van der Waals surface area contributed by atoms with Gasteiger partial charge in [-0.3, -0.25) is 38.1 Å². The highest BCUT2D eigenvalue weighted by Crippen LogP contribution is 2.46. The van der Waals surface area contributed by atoms with Crippen molar-refractivity contribution in [2.45, 2.75) is 65.1 Å². The van der Waals surface area contributed by atoms with Crippen molar-refractivity contribution in [3.05, 3.63) is 289 Å². The van der Waals surface area contributed by atoms with Crippen LogP contribution in [0, 0.1) is 5.82 Å². The number of aliphatic carboxylic acids is 4. The zero-order chi connectivity index (χ0) is 92.8. The maximum absolute atomic E-state index is 13.6. The van der Waals surface area contributed by atoms with Crippen LogP contribution in [0.15, 0.2) is 306 Å². The molecule has 0 spiro atoms. The first-order chi connectivity index (χ1) is 61.1. The third-order valence-electron chi connectivity index (χ3n) is 19.7. The Morgan fingerprint density at radius 3 is 0.907 bits per heavy atom. The zero-order valence-electron chi connectivity index (χ0n) is 66.9. The Hall–Kier alpha value is -12.9. The fourth-order valence-electron chi connectivity index (χ4n) is 13.5. The van der Waals surface area contributed by atoms with Crippen LogP contribution in [0.2, 0.25) is 5.02 Å². The molecule has 0 saturated heterocycles. The van der Waals surface area contributed by atoms with E-state index >= 15 is 0 Å². The number of halogens is 5. The Labute approximate surface area is 755 Å². The molecule has 0 amide bonds. The van der Waals surface area contributed by atoms with E-state index in [-0.39, 0.29) is 113 Å². The Morgan fingerprint density at radius 1 is 0.326 bits per heavy atom. The SMILES string of the molecule is CC(C)c1ccc2cc(S(=O)(=O)Nc3cc(SCC(=O)O)c(O)c4ccccc34)ccc2c1.O=C(O)CSc1cc(NS(=O)(=O)c2ccc3cc(Cl)ccc3c2)c2ccccc2c1O.O=C(O)CSc1cc(NS(=O)(=O)c2ccc3ccc(C(F)(F)F)cc3c2)c2ccccc2c1O.O=C(O)CSc1cc(NS(=O)(=O)c2ccc3ccc(F)cc3c2)c2ccccc2c1O. The van der Waals surface area contributed by atoms with Crippen LogP contribution < -0.4 is 18.9 Å². The lowest BCUT2D eigenvalue weighted by Gasteiger charge is -2.15. The Balaban J connectivity index is 0.000000147. The van der Waals surface area contributed by atoms with Crippen molar-refractivity contribution < 1.29 is 111 Å². The normalized spacial score (nSPS) is 11.8. The van der Waals surface area contributed by atoms with Gasteiger partial charge in [-0.1, -0.05) is 183 Å². The maximum atomic E-state index is 13.6. The molecule has 0 heterocycles. The second-order valence-corrected chi connectivity index (χ2v) is 40.1. The first-order valence-corrected chi connectivity index (χ1v) is 48.4. The van der Waals surface area contributed by atoms with E-state index in [9.17, 15) is 90.8 Å². The van der Waals surface area contributed by atoms with Gasteiger partial charge in [0.2, 0.25) is 0 Å². The van der Waals surface area contributed by atoms with Crippen molar-refractivity contribution in [1.29, 1.82) is 0 Å². The van der Waals surface area contributed by atoms with Gasteiger partial charge >= 0.3 is 30.1 Å². The number of aromatic hydroxyl groups is 4. The number of thioether (sulfide) groups is 4. The van der Waals surface area contributed by atoms with E-state index in [0.29, 0.717) is 70.2 Å². The molecule has 0 bridgehead atoms. The monoisotopic (exact) mass is 1920 g/mol. The van der Waals surface area contributed by atoms with Gasteiger partial charge in [0.05, 0.1) is 90.5 Å². The van der Waals surface area contributed by atoms with Crippen LogP contribution in [-0.2, 0) is 65.4 Å². The minimum atomic E-state index is -4.57. The summed E-state index contributed by atoms with van der Waals surface area (Å²) in [6.45, 7) is 4.21. The summed E-state index contributed by atoms with van der Waals surface area (Å²) >= 11 is 9.54. The van der Waals surface area contributed by atoms with Crippen LogP contribution in [0.1, 0.15) is 30.9 Å². The van der Waals surface area contributed by atoms with E-state index in [2.05, 4.69) is 38.8 Å². The highest BCUT2D eigenvalue weighted by atomic mass is 35.5. The molecule has 24 nitrogen and oxygen atoms in total. The molecule has 0 saturated carbocycles. The molecule has 0 aromatic heterocycles. The predicted molar refractivity (Wildman–Crippen MR) is 499 cm³/mol. The summed E-state index contributed by atoms with van der Waals surface area (Å²) in [5, 5.41) is 87.0. The van der Waals surface area contributed by atoms with Crippen molar-refractivity contribution in [3.63, 3.8) is 0 Å². The fraction of sp³-hybridized carbons (Fsp3) is 0.0870. The highest BCUT2D eigenvalue weighted by molar-refractivity contribution is 8.01. The molecule has 662 valence electrons. The second-order valence-electron chi connectivity index (χ2n) is 28.9. The number of hydrogen-bond donors (Lipinski definition) is 12. The summed E-state index contributed by atoms with van der Waals surface area (Å²) in [5.74, 6) is -6.03. The molecule has 37 heteroatoms. The third kappa shape index (κ3) is 22.3. The number of carboxylic acid groups (broad SMARTS) is 4. The molecule has 16 rings (SSSR count). The molecule has 0 unspecified atom stereocenters. The number of phenolic OH excluding ortho intramolecular Hbond substituents is 4. The van der Waals surface area contributed by atoms with Crippen LogP contribution in [0.4, 0.5) is 40.3 Å². The van der Waals surface area contributed by atoms with Gasteiger partial charge in [-0.25, -0.2) is 38.1 Å². The number of alkyl halides is 3. The van der Waals surface area contributed by atoms with Gasteiger partial charge in [0.15, 0.2) is 0 Å². The first-order valence-electron chi connectivity index (χ1n) is 38.1. The van der Waals surface area contributed by atoms with E-state index < -0.39 is 81.5 Å². The van der Waals surface area contributed by atoms with E-state index in [1.807, 2.05) is 12.1 Å². The van der Waals surface area contributed by atoms with Gasteiger partial charge < -0.3 is 40.9 Å². The van der Waals surface area contributed by atoms with Gasteiger partial charge in [-0.15, -0.1) is 47.0 Å². The summed E-state index contributed by atoms with van der Waals surface area (Å²) in [6.07, 6.45) is -4.57. The van der Waals surface area contributed by atoms with Gasteiger partial charge in [-0.2, -0.15) is 13.2 Å². The molecule has 0 radical (unpaired) electrons. The van der Waals surface area contributed by atoms with Crippen LogP contribution in [0.3, 0.4) is 0 Å². The highest BCUT2D eigenvalue weighted by Gasteiger charge is 2.32. The van der Waals surface area contributed by atoms with Crippen molar-refractivity contribution in [1.82, 2.24) is 0 Å². The summed E-state index contributed by atoms with van der Waals surface area (Å²) in [6, 6.07) is 68.6. The quantitative estimate of drug-likeness (QED) is 0.0144. The van der Waals surface area contributed by atoms with Crippen LogP contribution in [-0.4, -0.2) is 121 Å². The maximum Gasteiger partial charge on any atom is 0.416 e. The molecule has 16 aromatic rings. The molecule has 0 aliphatic carbocycles. The fourth-order valence-corrected chi connectivity index (χ4v) is 21.1. The molecular weight excluding hydrogens is 1850 g/mol. The third-order valence-corrected chi connectivity index (χ3v) is 29.5. The van der Waals surface area contributed by atoms with E-state index in [4.69, 9.17) is 32.0 Å². The summed E-state index contributed by atoms with van der Waals surface area (Å²) in [7, 11) is -16.2. The van der Waals surface area contributed by atoms with E-state index in [0.717, 1.165) is 86.8 Å². The summed E-state index contributed by atoms with van der Waals surface area (Å²) in [4.78, 5) is 44.7. The Bertz CT molecular complexity index is 7700. The van der Waals surface area contributed by atoms with E-state index in [1.165, 1.54) is 78.4 Å². The van der Waals surface area contributed by atoms with Gasteiger partial charge in [-0.05, 0) is 164 Å². The topological polar surface area (TPSA) is 415 Å². The number of nitrogens with one attached hydrogen (secondary N) is 4. The van der Waals surface area contributed by atoms with Crippen molar-refractivity contribution in [2.24, 2.45) is 0 Å². The van der Waals surface area contributed by atoms with Gasteiger partial charge in [0.25, 0.3) is 40.1 Å². The lowest BCUT2D eigenvalue weighted by molar-refractivity contribution is -0.138. The Kier molecular flexibility index (Phi) is 28.3. The van der Waals surface area contributed by atoms with Crippen LogP contribution in [0.25, 0.3) is 86.2 Å². The van der Waals surface area contributed by atoms with Gasteiger partial charge in [0, 0.05) is 48.1 Å². The second kappa shape index (κ2) is 39.0. The van der Waals surface area contributed by atoms with Crippen molar-refractivity contribution >= 4 is 232 Å². The average Bonchev–Trinajstić information content (AvgIpc) is 0.779. The zero-order valence-corrected chi connectivity index (χ0v) is 74.2. The molecule has 0 aliphatic heterocycles. The summed E-state index contributed by atoms with van der Waals surface area (Å²) < 4.78 is 168. The minimum Gasteiger partial charge on any atom is -0.506 e. The van der Waals surface area contributed by atoms with Crippen LogP contribution >= 0.6 is 58.6 Å². The smallest absolute Gasteiger partial charge is 0.416 e. The van der Waals surface area contributed by atoms with Crippen molar-refractivity contribution in [3.8, 4) is 23.0 Å². The average molecular weight is 1920 g/mol. The van der Waals surface area contributed by atoms with E-state index in [1.54, 1.807) is 158 Å². The number of hydrogen-bond acceptors (Lipinski definition) is 20. The molecule has 0 fully saturated rings. The standard InChI is InChI=1S/C25H23NO5S2.C23H16F3NO5S2.C22H16ClNO5S2.C22H16FNO5S2/c1-15(2)16-7-8-18-12-19(10-9-17(18)11-16)33(30,31)26-22-13-23(32-14-24(27)28)25(29)21-6-4-3-5-20(21)22;24-23(25,26)15-7-5-13-6-8-16(10-14(13)9-15)34(31,32)27-19-11-20(33-12-21(28)29)22(30)18-4-2-1-3-17(18)19;23-15-7-5-14-10-16(8-6-13(14)9-15)31(28,29)24-19-11-20(30-12-21(25)26)22(27)18-4-2-1-3-17(18)19;23-15-7-5-13-6-8-16(10-14(13)9-15)31(28,29)24-19-11-20(30-12-21(25)26)22(27)18-4-2-1-3-17(18)19/h3-13,15,26,29H,14H2,1-2H3,(H,27,28);1-11,27,30H,12H2,(H,28,29);2*1-11,24,27H,12H2,(H,25,26). The number of rotatable bonds is 25. The number of fused-ring (bicyclic) bond motifs is 8. The molecule has 129 heavy (non-hydrogen) atoms. The Morgan fingerprint density at radius 2 is 0.589 bits per heavy atom. The lowest BCUT2D eigenvalue weighted by atomic mass is 9.99. The lowest BCUT2D eigenvalue weighted by Crippen LogP contribution is -2.13. The number of benzene rings is 16. The number of carbonyl (C=O) groups is 4. The molecule has 0 aliphatic rings. The minimum absolute atomic E-state index is 0.0532.